The number of rotatable bonds is 5. The van der Waals surface area contributed by atoms with Crippen LogP contribution in [-0.2, 0) is 11.2 Å². The Kier molecular flexibility index (Phi) is 5.41. The van der Waals surface area contributed by atoms with E-state index in [1.54, 1.807) is 11.3 Å². The molecule has 0 unspecified atom stereocenters. The maximum absolute atomic E-state index is 11.3. The molecule has 0 bridgehead atoms. The molecule has 2 aromatic heterocycles. The molecule has 1 saturated heterocycles. The van der Waals surface area contributed by atoms with Gasteiger partial charge in [0.1, 0.15) is 0 Å². The van der Waals surface area contributed by atoms with Gasteiger partial charge in [0.2, 0.25) is 5.91 Å². The summed E-state index contributed by atoms with van der Waals surface area (Å²) in [5.41, 5.74) is 3.65. The first-order chi connectivity index (χ1) is 14.7. The topological polar surface area (TPSA) is 48.5 Å². The quantitative estimate of drug-likeness (QED) is 0.487. The van der Waals surface area contributed by atoms with Gasteiger partial charge < -0.3 is 10.2 Å². The fourth-order valence-electron chi connectivity index (χ4n) is 4.15. The second-order valence-electron chi connectivity index (χ2n) is 7.65. The van der Waals surface area contributed by atoms with Crippen molar-refractivity contribution in [3.05, 3.63) is 53.4 Å². The largest absolute Gasteiger partial charge is 0.368 e. The van der Waals surface area contributed by atoms with E-state index in [4.69, 9.17) is 0 Å². The number of amides is 1. The zero-order chi connectivity index (χ0) is 20.5. The molecule has 1 N–H and O–H groups in total. The Hall–Kier alpha value is -2.48. The minimum atomic E-state index is -0.0772. The van der Waals surface area contributed by atoms with E-state index in [2.05, 4.69) is 61.9 Å². The van der Waals surface area contributed by atoms with Gasteiger partial charge in [-0.15, -0.1) is 11.3 Å². The molecule has 1 fully saturated rings. The molecule has 4 aromatic rings. The van der Waals surface area contributed by atoms with E-state index in [9.17, 15) is 4.79 Å². The maximum Gasteiger partial charge on any atom is 0.223 e. The molecule has 0 aliphatic carbocycles. The zero-order valence-electron chi connectivity index (χ0n) is 16.9. The van der Waals surface area contributed by atoms with Crippen molar-refractivity contribution in [2.45, 2.75) is 13.3 Å². The van der Waals surface area contributed by atoms with Crippen LogP contribution in [0.5, 0.6) is 0 Å². The molecule has 5 nitrogen and oxygen atoms in total. The average molecular weight is 437 g/mol. The molecule has 0 radical (unpaired) electrons. The molecule has 3 heterocycles. The monoisotopic (exact) mass is 436 g/mol. The normalized spacial score (nSPS) is 15.2. The Bertz CT molecular complexity index is 1190. The van der Waals surface area contributed by atoms with Crippen molar-refractivity contribution in [2.75, 3.05) is 42.9 Å². The number of thiophene rings is 1. The minimum absolute atomic E-state index is 0.0772. The van der Waals surface area contributed by atoms with Crippen molar-refractivity contribution < 1.29 is 4.79 Å². The number of aromatic nitrogens is 1. The van der Waals surface area contributed by atoms with Crippen LogP contribution >= 0.6 is 22.7 Å². The van der Waals surface area contributed by atoms with E-state index in [1.165, 1.54) is 33.0 Å². The number of anilines is 2. The van der Waals surface area contributed by atoms with Crippen LogP contribution in [0.4, 0.5) is 10.8 Å². The minimum Gasteiger partial charge on any atom is -0.368 e. The van der Waals surface area contributed by atoms with Gasteiger partial charge in [-0.3, -0.25) is 9.69 Å². The molecule has 1 aliphatic heterocycles. The van der Waals surface area contributed by atoms with Crippen LogP contribution in [0.15, 0.2) is 47.8 Å². The number of hydrogen-bond acceptors (Lipinski definition) is 6. The summed E-state index contributed by atoms with van der Waals surface area (Å²) in [6.07, 6.45) is 0.999. The Morgan fingerprint density at radius 2 is 1.93 bits per heavy atom. The van der Waals surface area contributed by atoms with Crippen molar-refractivity contribution in [1.29, 1.82) is 0 Å². The molecule has 154 valence electrons. The lowest BCUT2D eigenvalue weighted by molar-refractivity contribution is -0.114. The van der Waals surface area contributed by atoms with E-state index in [1.807, 2.05) is 17.4 Å². The smallest absolute Gasteiger partial charge is 0.223 e. The number of carbonyl (C=O) groups is 1. The number of hydrogen-bond donors (Lipinski definition) is 1. The van der Waals surface area contributed by atoms with Crippen LogP contribution in [-0.4, -0.2) is 48.5 Å². The summed E-state index contributed by atoms with van der Waals surface area (Å²) < 4.78 is 2.55. The van der Waals surface area contributed by atoms with Crippen LogP contribution in [0.3, 0.4) is 0 Å². The Labute approximate surface area is 183 Å². The summed E-state index contributed by atoms with van der Waals surface area (Å²) >= 11 is 3.38. The summed E-state index contributed by atoms with van der Waals surface area (Å²) in [4.78, 5) is 21.0. The second-order valence-corrected chi connectivity index (χ2v) is 9.60. The summed E-state index contributed by atoms with van der Waals surface area (Å²) in [5.74, 6) is -0.0772. The Morgan fingerprint density at radius 3 is 2.77 bits per heavy atom. The molecular weight excluding hydrogens is 412 g/mol. The number of nitrogens with one attached hydrogen (secondary N) is 1. The lowest BCUT2D eigenvalue weighted by atomic mass is 10.1. The first-order valence-electron chi connectivity index (χ1n) is 10.3. The van der Waals surface area contributed by atoms with Gasteiger partial charge in [0.15, 0.2) is 5.13 Å². The summed E-state index contributed by atoms with van der Waals surface area (Å²) in [7, 11) is 0. The highest BCUT2D eigenvalue weighted by atomic mass is 32.1. The molecule has 0 spiro atoms. The lowest BCUT2D eigenvalue weighted by Crippen LogP contribution is -2.47. The van der Waals surface area contributed by atoms with E-state index < -0.39 is 0 Å². The highest BCUT2D eigenvalue weighted by Gasteiger charge is 2.19. The lowest BCUT2D eigenvalue weighted by Gasteiger charge is -2.36. The summed E-state index contributed by atoms with van der Waals surface area (Å²) in [5, 5.41) is 7.05. The van der Waals surface area contributed by atoms with Gasteiger partial charge in [-0.25, -0.2) is 4.98 Å². The molecule has 0 atom stereocenters. The number of benzene rings is 2. The number of thiazole rings is 1. The van der Waals surface area contributed by atoms with Crippen molar-refractivity contribution >= 4 is 59.7 Å². The SMILES string of the molecule is CC(=O)Nc1nc2cccc(CCN3CCN(c4cccc5sccc45)CC3)c2s1. The zero-order valence-corrected chi connectivity index (χ0v) is 18.6. The van der Waals surface area contributed by atoms with E-state index >= 15 is 0 Å². The molecule has 7 heteroatoms. The third-order valence-corrected chi connectivity index (χ3v) is 7.61. The van der Waals surface area contributed by atoms with Crippen LogP contribution in [0.1, 0.15) is 12.5 Å². The van der Waals surface area contributed by atoms with Crippen molar-refractivity contribution in [1.82, 2.24) is 9.88 Å². The standard InChI is InChI=1S/C23H24N4OS2/c1-16(28)24-23-25-19-5-2-4-17(22(19)30-23)8-10-26-11-13-27(14-12-26)20-6-3-7-21-18(20)9-15-29-21/h2-7,9,15H,8,10-14H2,1H3,(H,24,25,28). The van der Waals surface area contributed by atoms with Crippen LogP contribution in [0.2, 0.25) is 0 Å². The first-order valence-corrected chi connectivity index (χ1v) is 12.0. The molecule has 1 aliphatic rings. The number of carbonyl (C=O) groups excluding carboxylic acids is 1. The summed E-state index contributed by atoms with van der Waals surface area (Å²) in [6, 6.07) is 15.1. The van der Waals surface area contributed by atoms with Crippen molar-refractivity contribution in [3.63, 3.8) is 0 Å². The Morgan fingerprint density at radius 1 is 1.10 bits per heavy atom. The van der Waals surface area contributed by atoms with Gasteiger partial charge in [0.25, 0.3) is 0 Å². The first kappa shape index (κ1) is 19.5. The van der Waals surface area contributed by atoms with Gasteiger partial charge in [-0.1, -0.05) is 29.5 Å². The predicted molar refractivity (Wildman–Crippen MR) is 128 cm³/mol. The van der Waals surface area contributed by atoms with E-state index in [-0.39, 0.29) is 5.91 Å². The molecule has 1 amide bonds. The van der Waals surface area contributed by atoms with Gasteiger partial charge >= 0.3 is 0 Å². The molecule has 30 heavy (non-hydrogen) atoms. The molecule has 2 aromatic carbocycles. The van der Waals surface area contributed by atoms with Crippen molar-refractivity contribution in [2.24, 2.45) is 0 Å². The highest BCUT2D eigenvalue weighted by Crippen LogP contribution is 2.32. The van der Waals surface area contributed by atoms with E-state index in [0.29, 0.717) is 5.13 Å². The average Bonchev–Trinajstić information content (AvgIpc) is 3.38. The fraction of sp³-hybridized carbons (Fsp3) is 0.304. The highest BCUT2D eigenvalue weighted by molar-refractivity contribution is 7.22. The number of nitrogens with zero attached hydrogens (tertiary/aromatic N) is 3. The molecular formula is C23H24N4OS2. The second kappa shape index (κ2) is 8.34. The number of piperazine rings is 1. The van der Waals surface area contributed by atoms with Crippen LogP contribution in [0, 0.1) is 0 Å². The van der Waals surface area contributed by atoms with Gasteiger partial charge in [0.05, 0.1) is 10.2 Å². The Balaban J connectivity index is 1.23. The third-order valence-electron chi connectivity index (χ3n) is 5.66. The van der Waals surface area contributed by atoms with Crippen LogP contribution in [0.25, 0.3) is 20.3 Å². The third kappa shape index (κ3) is 3.93. The van der Waals surface area contributed by atoms with E-state index in [0.717, 1.165) is 44.7 Å². The van der Waals surface area contributed by atoms with Gasteiger partial charge in [0, 0.05) is 55.4 Å². The molecule has 0 saturated carbocycles. The molecule has 5 rings (SSSR count). The summed E-state index contributed by atoms with van der Waals surface area (Å²) in [6.45, 7) is 6.85. The van der Waals surface area contributed by atoms with Gasteiger partial charge in [-0.05, 0) is 41.6 Å². The van der Waals surface area contributed by atoms with Gasteiger partial charge in [-0.2, -0.15) is 0 Å². The van der Waals surface area contributed by atoms with Crippen LogP contribution < -0.4 is 10.2 Å². The fourth-order valence-corrected chi connectivity index (χ4v) is 6.01. The van der Waals surface area contributed by atoms with Crippen molar-refractivity contribution in [3.8, 4) is 0 Å². The maximum atomic E-state index is 11.3. The predicted octanol–water partition coefficient (Wildman–Crippen LogP) is 4.83. The number of fused-ring (bicyclic) bond motifs is 2.